The largest absolute Gasteiger partial charge is 0.494 e. The van der Waals surface area contributed by atoms with E-state index < -0.39 is 6.04 Å². The summed E-state index contributed by atoms with van der Waals surface area (Å²) in [4.78, 5) is 31.9. The van der Waals surface area contributed by atoms with E-state index in [0.717, 1.165) is 29.7 Å². The lowest BCUT2D eigenvalue weighted by atomic mass is 10.1. The van der Waals surface area contributed by atoms with E-state index in [1.54, 1.807) is 17.2 Å². The van der Waals surface area contributed by atoms with Crippen molar-refractivity contribution >= 4 is 11.8 Å². The molecule has 1 unspecified atom stereocenters. The molecule has 0 bridgehead atoms. The maximum atomic E-state index is 13.0. The molecule has 182 valence electrons. The molecule has 7 heteroatoms. The lowest BCUT2D eigenvalue weighted by Gasteiger charge is -2.24. The lowest BCUT2D eigenvalue weighted by Crippen LogP contribution is -2.46. The minimum Gasteiger partial charge on any atom is -0.494 e. The van der Waals surface area contributed by atoms with Gasteiger partial charge in [-0.25, -0.2) is 4.98 Å². The van der Waals surface area contributed by atoms with E-state index in [-0.39, 0.29) is 18.4 Å². The smallest absolute Gasteiger partial charge is 0.243 e. The lowest BCUT2D eigenvalue weighted by molar-refractivity contribution is -0.138. The highest BCUT2D eigenvalue weighted by Crippen LogP contribution is 2.25. The predicted octanol–water partition coefficient (Wildman–Crippen LogP) is 4.51. The molecule has 1 aliphatic heterocycles. The Bertz CT molecular complexity index is 1120. The average Bonchev–Trinajstić information content (AvgIpc) is 3.39. The van der Waals surface area contributed by atoms with Gasteiger partial charge in [0.15, 0.2) is 0 Å². The fourth-order valence-electron chi connectivity index (χ4n) is 4.10. The molecule has 0 spiro atoms. The number of nitrogens with zero attached hydrogens (tertiary/aromatic N) is 2. The number of hydrogen-bond acceptors (Lipinski definition) is 5. The highest BCUT2D eigenvalue weighted by atomic mass is 16.5. The number of carbonyl (C=O) groups excluding carboxylic acids is 2. The van der Waals surface area contributed by atoms with Gasteiger partial charge < -0.3 is 19.7 Å². The highest BCUT2D eigenvalue weighted by Gasteiger charge is 2.33. The fourth-order valence-corrected chi connectivity index (χ4v) is 4.10. The van der Waals surface area contributed by atoms with Gasteiger partial charge >= 0.3 is 0 Å². The molecule has 3 aromatic rings. The molecule has 1 aromatic heterocycles. The van der Waals surface area contributed by atoms with Gasteiger partial charge in [0, 0.05) is 24.8 Å². The molecule has 2 amide bonds. The van der Waals surface area contributed by atoms with Crippen molar-refractivity contribution in [3.05, 3.63) is 84.1 Å². The molecule has 1 N–H and O–H groups in total. The highest BCUT2D eigenvalue weighted by molar-refractivity contribution is 5.89. The number of benzene rings is 2. The molecular formula is C28H31N3O4. The van der Waals surface area contributed by atoms with Gasteiger partial charge in [-0.1, -0.05) is 43.3 Å². The molecule has 2 aromatic carbocycles. The molecule has 0 aliphatic carbocycles. The first-order valence-corrected chi connectivity index (χ1v) is 12.1. The van der Waals surface area contributed by atoms with Crippen LogP contribution in [0.2, 0.25) is 0 Å². The van der Waals surface area contributed by atoms with Gasteiger partial charge in [0.2, 0.25) is 17.7 Å². The van der Waals surface area contributed by atoms with Crippen molar-refractivity contribution in [2.45, 2.75) is 45.2 Å². The van der Waals surface area contributed by atoms with Crippen LogP contribution in [0.4, 0.5) is 0 Å². The Morgan fingerprint density at radius 3 is 2.57 bits per heavy atom. The Morgan fingerprint density at radius 2 is 1.80 bits per heavy atom. The molecule has 1 atom stereocenters. The topological polar surface area (TPSA) is 80.8 Å². The monoisotopic (exact) mass is 473 g/mol. The standard InChI is InChI=1S/C28H31N3O4/c1-2-18-34-23-12-14-24(15-13-23)35-28-22(10-6-16-29-28)20-30-27(33)25-11-7-17-31(25)26(32)19-21-8-4-3-5-9-21/h3-6,8-10,12-16,25H,2,7,11,17-20H2,1H3,(H,30,33). The van der Waals surface area contributed by atoms with Gasteiger partial charge in [-0.15, -0.1) is 0 Å². The Balaban J connectivity index is 1.35. The van der Waals surface area contributed by atoms with Crippen LogP contribution < -0.4 is 14.8 Å². The van der Waals surface area contributed by atoms with Crippen LogP contribution in [-0.4, -0.2) is 40.9 Å². The summed E-state index contributed by atoms with van der Waals surface area (Å²) in [5, 5.41) is 2.98. The van der Waals surface area contributed by atoms with E-state index in [1.165, 1.54) is 0 Å². The second kappa shape index (κ2) is 12.0. The van der Waals surface area contributed by atoms with Crippen LogP contribution in [0.3, 0.4) is 0 Å². The third-order valence-electron chi connectivity index (χ3n) is 5.89. The molecule has 1 saturated heterocycles. The average molecular weight is 474 g/mol. The van der Waals surface area contributed by atoms with Crippen LogP contribution >= 0.6 is 0 Å². The minimum absolute atomic E-state index is 0.0226. The zero-order chi connectivity index (χ0) is 24.5. The number of carbonyl (C=O) groups is 2. The van der Waals surface area contributed by atoms with E-state index in [9.17, 15) is 9.59 Å². The molecule has 0 radical (unpaired) electrons. The van der Waals surface area contributed by atoms with Gasteiger partial charge in [-0.2, -0.15) is 0 Å². The van der Waals surface area contributed by atoms with E-state index >= 15 is 0 Å². The van der Waals surface area contributed by atoms with Crippen molar-refractivity contribution in [2.24, 2.45) is 0 Å². The van der Waals surface area contributed by atoms with Gasteiger partial charge in [0.05, 0.1) is 13.0 Å². The van der Waals surface area contributed by atoms with Crippen molar-refractivity contribution in [1.82, 2.24) is 15.2 Å². The quantitative estimate of drug-likeness (QED) is 0.469. The number of aromatic nitrogens is 1. The normalized spacial score (nSPS) is 15.0. The molecule has 7 nitrogen and oxygen atoms in total. The number of likely N-dealkylation sites (tertiary alicyclic amines) is 1. The third-order valence-corrected chi connectivity index (χ3v) is 5.89. The SMILES string of the molecule is CCCOc1ccc(Oc2ncccc2CNC(=O)C2CCCN2C(=O)Cc2ccccc2)cc1. The Morgan fingerprint density at radius 1 is 1.03 bits per heavy atom. The van der Waals surface area contributed by atoms with Crippen molar-refractivity contribution in [3.63, 3.8) is 0 Å². The summed E-state index contributed by atoms with van der Waals surface area (Å²) in [7, 11) is 0. The molecule has 1 aliphatic rings. The minimum atomic E-state index is -0.456. The number of amides is 2. The predicted molar refractivity (Wildman–Crippen MR) is 133 cm³/mol. The Labute approximate surface area is 206 Å². The van der Waals surface area contributed by atoms with Crippen molar-refractivity contribution in [2.75, 3.05) is 13.2 Å². The second-order valence-corrected chi connectivity index (χ2v) is 8.51. The molecule has 2 heterocycles. The number of nitrogens with one attached hydrogen (secondary N) is 1. The third kappa shape index (κ3) is 6.59. The fraction of sp³-hybridized carbons (Fsp3) is 0.321. The van der Waals surface area contributed by atoms with Gasteiger partial charge in [0.25, 0.3) is 0 Å². The van der Waals surface area contributed by atoms with Crippen LogP contribution in [0.1, 0.15) is 37.3 Å². The first-order valence-electron chi connectivity index (χ1n) is 12.1. The summed E-state index contributed by atoms with van der Waals surface area (Å²) in [5.41, 5.74) is 1.71. The maximum absolute atomic E-state index is 13.0. The summed E-state index contributed by atoms with van der Waals surface area (Å²) >= 11 is 0. The maximum Gasteiger partial charge on any atom is 0.243 e. The Hall–Kier alpha value is -3.87. The van der Waals surface area contributed by atoms with E-state index in [0.29, 0.717) is 37.6 Å². The summed E-state index contributed by atoms with van der Waals surface area (Å²) < 4.78 is 11.6. The Kier molecular flexibility index (Phi) is 8.33. The van der Waals surface area contributed by atoms with Crippen molar-refractivity contribution in [1.29, 1.82) is 0 Å². The molecular weight excluding hydrogens is 442 g/mol. The molecule has 0 saturated carbocycles. The number of rotatable bonds is 10. The molecule has 35 heavy (non-hydrogen) atoms. The number of hydrogen-bond donors (Lipinski definition) is 1. The molecule has 1 fully saturated rings. The van der Waals surface area contributed by atoms with E-state index in [2.05, 4.69) is 17.2 Å². The molecule has 4 rings (SSSR count). The summed E-state index contributed by atoms with van der Waals surface area (Å²) in [6, 6.07) is 20.2. The zero-order valence-electron chi connectivity index (χ0n) is 20.0. The summed E-state index contributed by atoms with van der Waals surface area (Å²) in [6.07, 6.45) is 4.38. The summed E-state index contributed by atoms with van der Waals surface area (Å²) in [6.45, 7) is 3.59. The van der Waals surface area contributed by atoms with Crippen LogP contribution in [-0.2, 0) is 22.6 Å². The van der Waals surface area contributed by atoms with Gasteiger partial charge in [-0.05, 0) is 55.2 Å². The van der Waals surface area contributed by atoms with Gasteiger partial charge in [-0.3, -0.25) is 9.59 Å². The zero-order valence-corrected chi connectivity index (χ0v) is 20.0. The van der Waals surface area contributed by atoms with Crippen LogP contribution in [0.15, 0.2) is 72.9 Å². The summed E-state index contributed by atoms with van der Waals surface area (Å²) in [5.74, 6) is 1.67. The van der Waals surface area contributed by atoms with Crippen molar-refractivity contribution in [3.8, 4) is 17.4 Å². The second-order valence-electron chi connectivity index (χ2n) is 8.51. The van der Waals surface area contributed by atoms with E-state index in [4.69, 9.17) is 9.47 Å². The van der Waals surface area contributed by atoms with Crippen LogP contribution in [0.5, 0.6) is 17.4 Å². The van der Waals surface area contributed by atoms with Gasteiger partial charge in [0.1, 0.15) is 17.5 Å². The first-order chi connectivity index (χ1) is 17.1. The van der Waals surface area contributed by atoms with Crippen LogP contribution in [0.25, 0.3) is 0 Å². The van der Waals surface area contributed by atoms with E-state index in [1.807, 2.05) is 60.7 Å². The number of ether oxygens (including phenoxy) is 2. The number of pyridine rings is 1. The van der Waals surface area contributed by atoms with Crippen molar-refractivity contribution < 1.29 is 19.1 Å². The first kappa shape index (κ1) is 24.3. The van der Waals surface area contributed by atoms with Crippen LogP contribution in [0, 0.1) is 0 Å².